The summed E-state index contributed by atoms with van der Waals surface area (Å²) in [6, 6.07) is 15.0. The van der Waals surface area contributed by atoms with Crippen molar-refractivity contribution < 1.29 is 14.9 Å². The summed E-state index contributed by atoms with van der Waals surface area (Å²) in [6.07, 6.45) is 0. The molecule has 2 aromatic rings. The predicted octanol–water partition coefficient (Wildman–Crippen LogP) is 2.77. The van der Waals surface area contributed by atoms with Gasteiger partial charge in [-0.2, -0.15) is 0 Å². The summed E-state index contributed by atoms with van der Waals surface area (Å²) in [5.41, 5.74) is 1.53. The Morgan fingerprint density at radius 1 is 1.10 bits per heavy atom. The largest absolute Gasteiger partial charge is 0.490 e. The standard InChI is InChI=1S/C17H20O3/c1-13-8-9-16(14(10-13)11-18)20-12-17(2,19)15-6-4-3-5-7-15/h3-10,18-19H,11-12H2,1-2H3. The van der Waals surface area contributed by atoms with Gasteiger partial charge in [0.2, 0.25) is 0 Å². The van der Waals surface area contributed by atoms with E-state index in [0.29, 0.717) is 5.75 Å². The first kappa shape index (κ1) is 14.6. The van der Waals surface area contributed by atoms with Crippen molar-refractivity contribution >= 4 is 0 Å². The maximum atomic E-state index is 10.5. The number of hydrogen-bond acceptors (Lipinski definition) is 3. The number of hydrogen-bond donors (Lipinski definition) is 2. The van der Waals surface area contributed by atoms with Gasteiger partial charge in [0.25, 0.3) is 0 Å². The molecule has 0 aliphatic rings. The van der Waals surface area contributed by atoms with Crippen molar-refractivity contribution in [3.63, 3.8) is 0 Å². The summed E-state index contributed by atoms with van der Waals surface area (Å²) >= 11 is 0. The molecule has 0 aliphatic carbocycles. The highest BCUT2D eigenvalue weighted by atomic mass is 16.5. The Labute approximate surface area is 119 Å². The van der Waals surface area contributed by atoms with Crippen molar-refractivity contribution in [1.29, 1.82) is 0 Å². The van der Waals surface area contributed by atoms with E-state index in [0.717, 1.165) is 16.7 Å². The van der Waals surface area contributed by atoms with E-state index < -0.39 is 5.60 Å². The summed E-state index contributed by atoms with van der Waals surface area (Å²) in [5, 5.41) is 19.8. The fraction of sp³-hybridized carbons (Fsp3) is 0.294. The van der Waals surface area contributed by atoms with E-state index in [2.05, 4.69) is 0 Å². The second kappa shape index (κ2) is 6.07. The minimum atomic E-state index is -1.07. The van der Waals surface area contributed by atoms with Crippen molar-refractivity contribution in [2.75, 3.05) is 6.61 Å². The summed E-state index contributed by atoms with van der Waals surface area (Å²) in [5.74, 6) is 0.606. The van der Waals surface area contributed by atoms with Gasteiger partial charge in [-0.1, -0.05) is 48.0 Å². The lowest BCUT2D eigenvalue weighted by molar-refractivity contribution is 0.00695. The second-order valence-electron chi connectivity index (χ2n) is 5.20. The fourth-order valence-corrected chi connectivity index (χ4v) is 2.07. The molecule has 20 heavy (non-hydrogen) atoms. The first-order chi connectivity index (χ1) is 9.53. The molecular formula is C17H20O3. The first-order valence-electron chi connectivity index (χ1n) is 6.64. The number of aliphatic hydroxyl groups excluding tert-OH is 1. The Morgan fingerprint density at radius 3 is 2.45 bits per heavy atom. The number of aryl methyl sites for hydroxylation is 1. The van der Waals surface area contributed by atoms with Crippen LogP contribution in [0.3, 0.4) is 0 Å². The topological polar surface area (TPSA) is 49.7 Å². The summed E-state index contributed by atoms with van der Waals surface area (Å²) in [7, 11) is 0. The van der Waals surface area contributed by atoms with Crippen LogP contribution in [0.1, 0.15) is 23.6 Å². The van der Waals surface area contributed by atoms with Gasteiger partial charge >= 0.3 is 0 Å². The number of rotatable bonds is 5. The van der Waals surface area contributed by atoms with Gasteiger partial charge in [0, 0.05) is 5.56 Å². The van der Waals surface area contributed by atoms with Gasteiger partial charge in [-0.25, -0.2) is 0 Å². The highest BCUT2D eigenvalue weighted by molar-refractivity contribution is 5.36. The van der Waals surface area contributed by atoms with Gasteiger partial charge in [-0.05, 0) is 25.5 Å². The van der Waals surface area contributed by atoms with E-state index >= 15 is 0 Å². The van der Waals surface area contributed by atoms with Crippen LogP contribution in [0.5, 0.6) is 5.75 Å². The second-order valence-corrected chi connectivity index (χ2v) is 5.20. The molecule has 0 bridgehead atoms. The third kappa shape index (κ3) is 3.38. The molecule has 1 unspecified atom stereocenters. The van der Waals surface area contributed by atoms with E-state index in [1.54, 1.807) is 6.92 Å². The van der Waals surface area contributed by atoms with Gasteiger partial charge < -0.3 is 14.9 Å². The van der Waals surface area contributed by atoms with Gasteiger partial charge in [-0.15, -0.1) is 0 Å². The molecule has 0 saturated carbocycles. The van der Waals surface area contributed by atoms with Crippen LogP contribution >= 0.6 is 0 Å². The first-order valence-corrected chi connectivity index (χ1v) is 6.64. The summed E-state index contributed by atoms with van der Waals surface area (Å²) in [4.78, 5) is 0. The molecule has 3 nitrogen and oxygen atoms in total. The monoisotopic (exact) mass is 272 g/mol. The van der Waals surface area contributed by atoms with Crippen LogP contribution in [-0.2, 0) is 12.2 Å². The molecular weight excluding hydrogens is 252 g/mol. The molecule has 0 aromatic heterocycles. The maximum absolute atomic E-state index is 10.5. The van der Waals surface area contributed by atoms with Crippen LogP contribution in [-0.4, -0.2) is 16.8 Å². The minimum Gasteiger partial charge on any atom is -0.490 e. The molecule has 0 aliphatic heterocycles. The molecule has 0 spiro atoms. The van der Waals surface area contributed by atoms with E-state index in [-0.39, 0.29) is 13.2 Å². The van der Waals surface area contributed by atoms with Crippen LogP contribution in [0.15, 0.2) is 48.5 Å². The van der Waals surface area contributed by atoms with Crippen molar-refractivity contribution in [2.24, 2.45) is 0 Å². The Morgan fingerprint density at radius 2 is 1.80 bits per heavy atom. The normalized spacial score (nSPS) is 13.8. The molecule has 0 fully saturated rings. The highest BCUT2D eigenvalue weighted by Gasteiger charge is 2.24. The van der Waals surface area contributed by atoms with E-state index in [4.69, 9.17) is 4.74 Å². The van der Waals surface area contributed by atoms with Crippen LogP contribution in [0.4, 0.5) is 0 Å². The van der Waals surface area contributed by atoms with Crippen molar-refractivity contribution in [3.05, 3.63) is 65.2 Å². The molecule has 0 saturated heterocycles. The number of benzene rings is 2. The smallest absolute Gasteiger partial charge is 0.124 e. The van der Waals surface area contributed by atoms with Crippen LogP contribution in [0.2, 0.25) is 0 Å². The molecule has 106 valence electrons. The summed E-state index contributed by atoms with van der Waals surface area (Å²) in [6.45, 7) is 3.73. The van der Waals surface area contributed by atoms with E-state index in [9.17, 15) is 10.2 Å². The number of ether oxygens (including phenoxy) is 1. The van der Waals surface area contributed by atoms with Crippen molar-refractivity contribution in [1.82, 2.24) is 0 Å². The van der Waals surface area contributed by atoms with Gasteiger partial charge in [-0.3, -0.25) is 0 Å². The Balaban J connectivity index is 2.12. The molecule has 2 rings (SSSR count). The molecule has 2 N–H and O–H groups in total. The zero-order chi connectivity index (χ0) is 14.6. The third-order valence-electron chi connectivity index (χ3n) is 3.29. The Kier molecular flexibility index (Phi) is 4.42. The fourth-order valence-electron chi connectivity index (χ4n) is 2.07. The third-order valence-corrected chi connectivity index (χ3v) is 3.29. The van der Waals surface area contributed by atoms with Crippen LogP contribution < -0.4 is 4.74 Å². The molecule has 0 radical (unpaired) electrons. The van der Waals surface area contributed by atoms with Crippen LogP contribution in [0.25, 0.3) is 0 Å². The van der Waals surface area contributed by atoms with Crippen molar-refractivity contribution in [3.8, 4) is 5.75 Å². The van der Waals surface area contributed by atoms with Crippen molar-refractivity contribution in [2.45, 2.75) is 26.1 Å². The summed E-state index contributed by atoms with van der Waals surface area (Å²) < 4.78 is 5.69. The maximum Gasteiger partial charge on any atom is 0.124 e. The Hall–Kier alpha value is -1.84. The molecule has 0 heterocycles. The van der Waals surface area contributed by atoms with Gasteiger partial charge in [0.15, 0.2) is 0 Å². The van der Waals surface area contributed by atoms with Gasteiger partial charge in [0.1, 0.15) is 18.0 Å². The minimum absolute atomic E-state index is 0.0789. The van der Waals surface area contributed by atoms with Crippen LogP contribution in [0, 0.1) is 6.92 Å². The SMILES string of the molecule is Cc1ccc(OCC(C)(O)c2ccccc2)c(CO)c1. The molecule has 1 atom stereocenters. The Bertz CT molecular complexity index is 562. The highest BCUT2D eigenvalue weighted by Crippen LogP contribution is 2.25. The zero-order valence-corrected chi connectivity index (χ0v) is 11.8. The molecule has 2 aromatic carbocycles. The molecule has 3 heteroatoms. The lowest BCUT2D eigenvalue weighted by Crippen LogP contribution is -2.29. The predicted molar refractivity (Wildman–Crippen MR) is 78.6 cm³/mol. The molecule has 0 amide bonds. The lowest BCUT2D eigenvalue weighted by atomic mass is 9.97. The average molecular weight is 272 g/mol. The average Bonchev–Trinajstić information content (AvgIpc) is 2.46. The quantitative estimate of drug-likeness (QED) is 0.880. The van der Waals surface area contributed by atoms with E-state index in [1.165, 1.54) is 0 Å². The lowest BCUT2D eigenvalue weighted by Gasteiger charge is -2.24. The number of aliphatic hydroxyl groups is 2. The van der Waals surface area contributed by atoms with E-state index in [1.807, 2.05) is 55.5 Å². The van der Waals surface area contributed by atoms with Gasteiger partial charge in [0.05, 0.1) is 6.61 Å². The zero-order valence-electron chi connectivity index (χ0n) is 11.8.